The van der Waals surface area contributed by atoms with E-state index >= 15 is 0 Å². The van der Waals surface area contributed by atoms with Gasteiger partial charge in [-0.05, 0) is 5.41 Å². The number of hydrogen-bond donors (Lipinski definition) is 1. The number of aliphatic hydroxyl groups excluding tert-OH is 1. The molecule has 0 aromatic rings. The summed E-state index contributed by atoms with van der Waals surface area (Å²) < 4.78 is 0. The average Bonchev–Trinajstić information content (AvgIpc) is 1.35. The van der Waals surface area contributed by atoms with Crippen LogP contribution in [0.4, 0.5) is 0 Å². The quantitative estimate of drug-likeness (QED) is 0.489. The molecule has 0 rings (SSSR count). The molecule has 0 amide bonds. The van der Waals surface area contributed by atoms with Gasteiger partial charge in [-0.15, -0.1) is 0 Å². The van der Waals surface area contributed by atoms with Gasteiger partial charge >= 0.3 is 19.8 Å². The summed E-state index contributed by atoms with van der Waals surface area (Å²) in [4.78, 5) is 0. The predicted octanol–water partition coefficient (Wildman–Crippen LogP) is -0.159. The van der Waals surface area contributed by atoms with E-state index < -0.39 is 0 Å². The fraction of sp³-hybridized carbons (Fsp3) is 1.00. The summed E-state index contributed by atoms with van der Waals surface area (Å²) in [5.41, 5.74) is 0.0972. The fourth-order valence-corrected chi connectivity index (χ4v) is 0. The zero-order valence-electron chi connectivity index (χ0n) is 4.65. The molecule has 0 heterocycles. The zero-order valence-corrected chi connectivity index (χ0v) is 4.65. The first-order valence-corrected chi connectivity index (χ1v) is 2.17. The van der Waals surface area contributed by atoms with Gasteiger partial charge in [0.2, 0.25) is 0 Å². The molecule has 0 atom stereocenters. The first kappa shape index (κ1) is 10.6. The van der Waals surface area contributed by atoms with Gasteiger partial charge in [-0.25, -0.2) is 0 Å². The SMILES string of the molecule is CC(C)(C)CO.[GaH3]. The van der Waals surface area contributed by atoms with Crippen molar-refractivity contribution in [1.82, 2.24) is 0 Å². The molecule has 1 nitrogen and oxygen atoms in total. The summed E-state index contributed by atoms with van der Waals surface area (Å²) in [6, 6.07) is 0. The summed E-state index contributed by atoms with van der Waals surface area (Å²) in [6.07, 6.45) is 0. The minimum atomic E-state index is 0. The molecular weight excluding hydrogens is 146 g/mol. The van der Waals surface area contributed by atoms with Crippen LogP contribution >= 0.6 is 0 Å². The van der Waals surface area contributed by atoms with Gasteiger partial charge in [0.25, 0.3) is 0 Å². The monoisotopic (exact) mass is 160 g/mol. The molecule has 0 aromatic carbocycles. The molecule has 0 saturated carbocycles. The number of aliphatic hydroxyl groups is 1. The normalized spacial score (nSPS) is 10.3. The van der Waals surface area contributed by atoms with Gasteiger partial charge in [0.15, 0.2) is 0 Å². The van der Waals surface area contributed by atoms with Crippen molar-refractivity contribution in [2.45, 2.75) is 20.8 Å². The molecule has 0 spiro atoms. The Morgan fingerprint density at radius 2 is 1.43 bits per heavy atom. The minimum absolute atomic E-state index is 0. The van der Waals surface area contributed by atoms with E-state index in [1.807, 2.05) is 20.8 Å². The fourth-order valence-electron chi connectivity index (χ4n) is 0. The standard InChI is InChI=1S/C5H12O.Ga.3H/c1-5(2,3)4-6;;;;/h6H,4H2,1-3H3;;;;. The van der Waals surface area contributed by atoms with Gasteiger partial charge in [0.1, 0.15) is 0 Å². The summed E-state index contributed by atoms with van der Waals surface area (Å²) in [5, 5.41) is 8.40. The predicted molar refractivity (Wildman–Crippen MR) is 36.5 cm³/mol. The van der Waals surface area contributed by atoms with Crippen LogP contribution in [0.1, 0.15) is 20.8 Å². The summed E-state index contributed by atoms with van der Waals surface area (Å²) in [6.45, 7) is 6.25. The Bertz CT molecular complexity index is 37.8. The van der Waals surface area contributed by atoms with E-state index in [4.69, 9.17) is 5.11 Å². The van der Waals surface area contributed by atoms with E-state index in [0.717, 1.165) is 0 Å². The van der Waals surface area contributed by atoms with Crippen LogP contribution in [0.15, 0.2) is 0 Å². The molecule has 0 fully saturated rings. The van der Waals surface area contributed by atoms with Gasteiger partial charge < -0.3 is 5.11 Å². The third-order valence-electron chi connectivity index (χ3n) is 0.474. The first-order chi connectivity index (χ1) is 2.56. The van der Waals surface area contributed by atoms with E-state index in [1.54, 1.807) is 0 Å². The zero-order chi connectivity index (χ0) is 5.21. The van der Waals surface area contributed by atoms with Crippen molar-refractivity contribution < 1.29 is 5.11 Å². The van der Waals surface area contributed by atoms with Crippen molar-refractivity contribution in [1.29, 1.82) is 0 Å². The van der Waals surface area contributed by atoms with Crippen LogP contribution in [-0.2, 0) is 0 Å². The van der Waals surface area contributed by atoms with E-state index in [-0.39, 0.29) is 31.8 Å². The third kappa shape index (κ3) is 10.8. The second-order valence-electron chi connectivity index (χ2n) is 2.72. The van der Waals surface area contributed by atoms with Crippen molar-refractivity contribution in [3.8, 4) is 0 Å². The Balaban J connectivity index is 0. The van der Waals surface area contributed by atoms with Crippen LogP contribution in [0.3, 0.4) is 0 Å². The molecular formula is C5H15GaO. The Morgan fingerprint density at radius 3 is 1.43 bits per heavy atom. The molecule has 0 aliphatic heterocycles. The van der Waals surface area contributed by atoms with E-state index in [0.29, 0.717) is 0 Å². The average molecular weight is 161 g/mol. The van der Waals surface area contributed by atoms with E-state index in [2.05, 4.69) is 0 Å². The second-order valence-corrected chi connectivity index (χ2v) is 2.72. The van der Waals surface area contributed by atoms with Gasteiger partial charge in [-0.2, -0.15) is 0 Å². The molecule has 2 heteroatoms. The third-order valence-corrected chi connectivity index (χ3v) is 0.474. The Hall–Kier alpha value is 0.596. The van der Waals surface area contributed by atoms with Crippen molar-refractivity contribution in [2.75, 3.05) is 6.61 Å². The van der Waals surface area contributed by atoms with Crippen LogP contribution in [0.5, 0.6) is 0 Å². The molecule has 7 heavy (non-hydrogen) atoms. The topological polar surface area (TPSA) is 20.2 Å². The number of rotatable bonds is 0. The molecule has 0 aliphatic carbocycles. The van der Waals surface area contributed by atoms with Gasteiger partial charge in [-0.3, -0.25) is 0 Å². The maximum atomic E-state index is 8.40. The Morgan fingerprint density at radius 1 is 1.29 bits per heavy atom. The maximum absolute atomic E-state index is 8.40. The number of hydrogen-bond acceptors (Lipinski definition) is 1. The van der Waals surface area contributed by atoms with Crippen molar-refractivity contribution in [2.24, 2.45) is 5.41 Å². The van der Waals surface area contributed by atoms with Crippen molar-refractivity contribution in [3.05, 3.63) is 0 Å². The summed E-state index contributed by atoms with van der Waals surface area (Å²) in [5.74, 6) is 0. The molecule has 0 radical (unpaired) electrons. The van der Waals surface area contributed by atoms with Crippen LogP contribution < -0.4 is 0 Å². The molecule has 0 bridgehead atoms. The van der Waals surface area contributed by atoms with Gasteiger partial charge in [0.05, 0.1) is 0 Å². The van der Waals surface area contributed by atoms with Crippen molar-refractivity contribution >= 4 is 19.8 Å². The van der Waals surface area contributed by atoms with Crippen LogP contribution in [0.25, 0.3) is 0 Å². The van der Waals surface area contributed by atoms with Gasteiger partial charge in [0, 0.05) is 6.61 Å². The van der Waals surface area contributed by atoms with Crippen molar-refractivity contribution in [3.63, 3.8) is 0 Å². The van der Waals surface area contributed by atoms with Gasteiger partial charge in [-0.1, -0.05) is 20.8 Å². The molecule has 1 N–H and O–H groups in total. The van der Waals surface area contributed by atoms with Crippen LogP contribution in [0.2, 0.25) is 0 Å². The first-order valence-electron chi connectivity index (χ1n) is 2.17. The van der Waals surface area contributed by atoms with E-state index in [1.165, 1.54) is 0 Å². The summed E-state index contributed by atoms with van der Waals surface area (Å²) in [7, 11) is 0. The Labute approximate surface area is 58.2 Å². The molecule has 0 unspecified atom stereocenters. The summed E-state index contributed by atoms with van der Waals surface area (Å²) >= 11 is 0. The van der Waals surface area contributed by atoms with Crippen LogP contribution in [-0.4, -0.2) is 31.5 Å². The molecule has 0 aliphatic rings. The molecule has 0 saturated heterocycles. The van der Waals surface area contributed by atoms with E-state index in [9.17, 15) is 0 Å². The van der Waals surface area contributed by atoms with Crippen LogP contribution in [0, 0.1) is 5.41 Å². The second kappa shape index (κ2) is 3.58. The Kier molecular flexibility index (Phi) is 5.40. The molecule has 44 valence electrons. The molecule has 0 aromatic heterocycles.